The van der Waals surface area contributed by atoms with Crippen LogP contribution < -0.4 is 10.2 Å². The van der Waals surface area contributed by atoms with Crippen LogP contribution >= 0.6 is 11.3 Å². The van der Waals surface area contributed by atoms with E-state index in [4.69, 9.17) is 4.74 Å². The van der Waals surface area contributed by atoms with Crippen molar-refractivity contribution in [3.05, 3.63) is 52.7 Å². The average Bonchev–Trinajstić information content (AvgIpc) is 3.07. The van der Waals surface area contributed by atoms with Gasteiger partial charge in [0.25, 0.3) is 0 Å². The molecule has 0 radical (unpaired) electrons. The van der Waals surface area contributed by atoms with Gasteiger partial charge in [-0.15, -0.1) is 0 Å². The number of nitrogens with zero attached hydrogens (tertiary/aromatic N) is 1. The number of ether oxygens (including phenoxy) is 1. The number of carbonyl (C=O) groups excluding carboxylic acids is 1. The molecule has 0 aliphatic carbocycles. The van der Waals surface area contributed by atoms with Gasteiger partial charge in [-0.05, 0) is 34.5 Å². The first-order valence-corrected chi connectivity index (χ1v) is 8.45. The number of para-hydroxylation sites is 1. The minimum Gasteiger partial charge on any atom is -0.378 e. The van der Waals surface area contributed by atoms with Crippen molar-refractivity contribution in [2.24, 2.45) is 0 Å². The van der Waals surface area contributed by atoms with Gasteiger partial charge in [0.1, 0.15) is 0 Å². The highest BCUT2D eigenvalue weighted by Gasteiger charge is 2.22. The number of benzene rings is 1. The second-order valence-electron chi connectivity index (χ2n) is 5.38. The van der Waals surface area contributed by atoms with Gasteiger partial charge in [0.2, 0.25) is 5.91 Å². The summed E-state index contributed by atoms with van der Waals surface area (Å²) in [5.74, 6) is 0.125. The van der Waals surface area contributed by atoms with Crippen LogP contribution in [-0.4, -0.2) is 31.7 Å². The number of anilines is 1. The molecule has 5 heteroatoms. The van der Waals surface area contributed by atoms with Crippen LogP contribution in [0.25, 0.3) is 0 Å². The highest BCUT2D eigenvalue weighted by molar-refractivity contribution is 7.07. The van der Waals surface area contributed by atoms with Gasteiger partial charge < -0.3 is 15.0 Å². The number of hydrogen-bond donors (Lipinski definition) is 1. The van der Waals surface area contributed by atoms with Gasteiger partial charge in [0.15, 0.2) is 0 Å². The van der Waals surface area contributed by atoms with Crippen LogP contribution in [0.1, 0.15) is 12.0 Å². The molecule has 1 aromatic carbocycles. The van der Waals surface area contributed by atoms with E-state index in [1.807, 2.05) is 40.6 Å². The predicted molar refractivity (Wildman–Crippen MR) is 89.2 cm³/mol. The van der Waals surface area contributed by atoms with Gasteiger partial charge >= 0.3 is 0 Å². The first kappa shape index (κ1) is 15.2. The van der Waals surface area contributed by atoms with Crippen LogP contribution in [-0.2, 0) is 16.1 Å². The topological polar surface area (TPSA) is 41.6 Å². The Labute approximate surface area is 134 Å². The summed E-state index contributed by atoms with van der Waals surface area (Å²) in [5, 5.41) is 7.47. The van der Waals surface area contributed by atoms with Crippen molar-refractivity contribution in [1.29, 1.82) is 0 Å². The smallest absolute Gasteiger partial charge is 0.228 e. The molecule has 116 valence electrons. The van der Waals surface area contributed by atoms with Gasteiger partial charge in [0.05, 0.1) is 19.8 Å². The van der Waals surface area contributed by atoms with E-state index in [0.29, 0.717) is 19.6 Å². The Morgan fingerprint density at radius 2 is 2.18 bits per heavy atom. The molecular formula is C17H20N2O2S. The summed E-state index contributed by atoms with van der Waals surface area (Å²) in [5.41, 5.74) is 2.10. The standard InChI is InChI=1S/C17H20N2O2S/c20-17(10-15-12-21-8-7-18-15)19(11-14-6-9-22-13-14)16-4-2-1-3-5-16/h1-6,9,13,15,18H,7-8,10-12H2. The maximum Gasteiger partial charge on any atom is 0.228 e. The van der Waals surface area contributed by atoms with E-state index in [2.05, 4.69) is 16.8 Å². The van der Waals surface area contributed by atoms with Crippen LogP contribution in [0, 0.1) is 0 Å². The summed E-state index contributed by atoms with van der Waals surface area (Å²) in [6.45, 7) is 2.75. The second kappa shape index (κ2) is 7.54. The Morgan fingerprint density at radius 1 is 1.32 bits per heavy atom. The molecule has 0 spiro atoms. The molecule has 1 fully saturated rings. The Kier molecular flexibility index (Phi) is 5.21. The van der Waals surface area contributed by atoms with Crippen molar-refractivity contribution in [3.63, 3.8) is 0 Å². The first-order valence-electron chi connectivity index (χ1n) is 7.50. The van der Waals surface area contributed by atoms with Gasteiger partial charge in [-0.2, -0.15) is 11.3 Å². The Hall–Kier alpha value is -1.69. The lowest BCUT2D eigenvalue weighted by Gasteiger charge is -2.27. The third-order valence-electron chi connectivity index (χ3n) is 3.71. The number of carbonyl (C=O) groups is 1. The molecule has 1 aliphatic heterocycles. The highest BCUT2D eigenvalue weighted by atomic mass is 32.1. The van der Waals surface area contributed by atoms with Crippen LogP contribution in [0.2, 0.25) is 0 Å². The molecule has 1 amide bonds. The number of amides is 1. The summed E-state index contributed by atoms with van der Waals surface area (Å²) in [4.78, 5) is 14.6. The molecule has 2 aromatic rings. The van der Waals surface area contributed by atoms with Crippen molar-refractivity contribution < 1.29 is 9.53 Å². The molecule has 1 atom stereocenters. The summed E-state index contributed by atoms with van der Waals surface area (Å²) in [7, 11) is 0. The number of thiophene rings is 1. The minimum atomic E-state index is 0.106. The maximum atomic E-state index is 12.8. The fourth-order valence-electron chi connectivity index (χ4n) is 2.57. The number of hydrogen-bond acceptors (Lipinski definition) is 4. The number of nitrogens with one attached hydrogen (secondary N) is 1. The van der Waals surface area contributed by atoms with Gasteiger partial charge in [-0.1, -0.05) is 18.2 Å². The third-order valence-corrected chi connectivity index (χ3v) is 4.44. The molecule has 0 bridgehead atoms. The molecule has 1 aliphatic rings. The fourth-order valence-corrected chi connectivity index (χ4v) is 3.23. The zero-order valence-electron chi connectivity index (χ0n) is 12.4. The van der Waals surface area contributed by atoms with E-state index in [9.17, 15) is 4.79 Å². The number of morpholine rings is 1. The van der Waals surface area contributed by atoms with Crippen LogP contribution in [0.5, 0.6) is 0 Å². The van der Waals surface area contributed by atoms with Crippen molar-refractivity contribution in [1.82, 2.24) is 5.32 Å². The molecule has 1 saturated heterocycles. The lowest BCUT2D eigenvalue weighted by molar-refractivity contribution is -0.119. The normalized spacial score (nSPS) is 18.1. The molecule has 1 N–H and O–H groups in total. The lowest BCUT2D eigenvalue weighted by Crippen LogP contribution is -2.45. The zero-order chi connectivity index (χ0) is 15.2. The van der Waals surface area contributed by atoms with Gasteiger partial charge in [-0.25, -0.2) is 0 Å². The van der Waals surface area contributed by atoms with Gasteiger partial charge in [0, 0.05) is 24.7 Å². The molecule has 0 saturated carbocycles. The number of rotatable bonds is 5. The second-order valence-corrected chi connectivity index (χ2v) is 6.16. The van der Waals surface area contributed by atoms with Crippen LogP contribution in [0.15, 0.2) is 47.2 Å². The Bertz CT molecular complexity index is 580. The summed E-state index contributed by atoms with van der Waals surface area (Å²) in [6.07, 6.45) is 0.457. The molecule has 4 nitrogen and oxygen atoms in total. The van der Waals surface area contributed by atoms with Crippen molar-refractivity contribution in [2.45, 2.75) is 19.0 Å². The third kappa shape index (κ3) is 3.94. The largest absolute Gasteiger partial charge is 0.378 e. The minimum absolute atomic E-state index is 0.106. The van der Waals surface area contributed by atoms with Gasteiger partial charge in [-0.3, -0.25) is 4.79 Å². The molecular weight excluding hydrogens is 296 g/mol. The lowest BCUT2D eigenvalue weighted by atomic mass is 10.1. The Balaban J connectivity index is 1.73. The first-order chi connectivity index (χ1) is 10.8. The van der Waals surface area contributed by atoms with E-state index in [1.54, 1.807) is 11.3 Å². The van der Waals surface area contributed by atoms with Crippen LogP contribution in [0.4, 0.5) is 5.69 Å². The average molecular weight is 316 g/mol. The Morgan fingerprint density at radius 3 is 2.86 bits per heavy atom. The molecule has 1 unspecified atom stereocenters. The monoisotopic (exact) mass is 316 g/mol. The SMILES string of the molecule is O=C(CC1COCCN1)N(Cc1ccsc1)c1ccccc1. The van der Waals surface area contributed by atoms with Crippen molar-refractivity contribution >= 4 is 22.9 Å². The summed E-state index contributed by atoms with van der Waals surface area (Å²) in [6, 6.07) is 12.0. The van der Waals surface area contributed by atoms with E-state index in [0.717, 1.165) is 24.4 Å². The van der Waals surface area contributed by atoms with E-state index in [-0.39, 0.29) is 11.9 Å². The van der Waals surface area contributed by atoms with Crippen molar-refractivity contribution in [2.75, 3.05) is 24.7 Å². The van der Waals surface area contributed by atoms with Crippen LogP contribution in [0.3, 0.4) is 0 Å². The predicted octanol–water partition coefficient (Wildman–Crippen LogP) is 2.66. The van der Waals surface area contributed by atoms with Crippen molar-refractivity contribution in [3.8, 4) is 0 Å². The molecule has 22 heavy (non-hydrogen) atoms. The highest BCUT2D eigenvalue weighted by Crippen LogP contribution is 2.20. The molecule has 1 aromatic heterocycles. The van der Waals surface area contributed by atoms with E-state index in [1.165, 1.54) is 0 Å². The van der Waals surface area contributed by atoms with E-state index < -0.39 is 0 Å². The summed E-state index contributed by atoms with van der Waals surface area (Å²) >= 11 is 1.65. The molecule has 3 rings (SSSR count). The summed E-state index contributed by atoms with van der Waals surface area (Å²) < 4.78 is 5.44. The van der Waals surface area contributed by atoms with E-state index >= 15 is 0 Å². The maximum absolute atomic E-state index is 12.8. The fraction of sp³-hybridized carbons (Fsp3) is 0.353. The quantitative estimate of drug-likeness (QED) is 0.922. The molecule has 2 heterocycles. The zero-order valence-corrected chi connectivity index (χ0v) is 13.2.